The van der Waals surface area contributed by atoms with Gasteiger partial charge < -0.3 is 10.6 Å². The predicted octanol–water partition coefficient (Wildman–Crippen LogP) is 2.01. The molecule has 0 aromatic carbocycles. The molecule has 3 rings (SSSR count). The van der Waals surface area contributed by atoms with E-state index in [0.717, 1.165) is 25.2 Å². The van der Waals surface area contributed by atoms with Crippen LogP contribution in [-0.4, -0.2) is 22.4 Å². The van der Waals surface area contributed by atoms with E-state index in [2.05, 4.69) is 34.3 Å². The van der Waals surface area contributed by atoms with Gasteiger partial charge in [0.1, 0.15) is 5.82 Å². The second-order valence-electron chi connectivity index (χ2n) is 4.78. The molecule has 4 nitrogen and oxygen atoms in total. The van der Waals surface area contributed by atoms with Crippen LogP contribution in [0.25, 0.3) is 0 Å². The molecule has 0 amide bonds. The van der Waals surface area contributed by atoms with Crippen LogP contribution in [0.2, 0.25) is 0 Å². The summed E-state index contributed by atoms with van der Waals surface area (Å²) in [7, 11) is 0. The Kier molecular flexibility index (Phi) is 1.90. The molecule has 0 bridgehead atoms. The lowest BCUT2D eigenvalue weighted by molar-refractivity contribution is 0.414. The Morgan fingerprint density at radius 1 is 1.40 bits per heavy atom. The molecule has 0 saturated heterocycles. The predicted molar refractivity (Wildman–Crippen MR) is 61.5 cm³/mol. The molecule has 0 fully saturated rings. The Morgan fingerprint density at radius 2 is 2.27 bits per heavy atom. The Hall–Kier alpha value is -1.19. The van der Waals surface area contributed by atoms with Gasteiger partial charge in [-0.25, -0.2) is 4.68 Å². The molecular formula is C11H18N4. The van der Waals surface area contributed by atoms with Gasteiger partial charge in [0.15, 0.2) is 5.82 Å². The smallest absolute Gasteiger partial charge is 0.153 e. The van der Waals surface area contributed by atoms with Crippen molar-refractivity contribution in [1.29, 1.82) is 0 Å². The van der Waals surface area contributed by atoms with E-state index in [1.54, 1.807) is 0 Å². The van der Waals surface area contributed by atoms with Crippen molar-refractivity contribution >= 4 is 11.6 Å². The maximum absolute atomic E-state index is 4.65. The Balaban J connectivity index is 2.08. The molecule has 2 unspecified atom stereocenters. The summed E-state index contributed by atoms with van der Waals surface area (Å²) < 4.78 is 2.16. The fourth-order valence-corrected chi connectivity index (χ4v) is 2.70. The standard InChI is InChI=1S/C11H18N4/c1-7-6-8(2)15-11(13-7)9-4-3-5-12-10(9)14-15/h7-8,13H,3-6H2,1-2H3,(H,12,14). The van der Waals surface area contributed by atoms with Crippen molar-refractivity contribution in [1.82, 2.24) is 9.78 Å². The van der Waals surface area contributed by atoms with Crippen molar-refractivity contribution in [3.05, 3.63) is 5.56 Å². The minimum Gasteiger partial charge on any atom is -0.368 e. The lowest BCUT2D eigenvalue weighted by atomic mass is 10.0. The summed E-state index contributed by atoms with van der Waals surface area (Å²) >= 11 is 0. The molecule has 1 aromatic rings. The molecule has 82 valence electrons. The molecule has 0 spiro atoms. The third-order valence-corrected chi connectivity index (χ3v) is 3.40. The van der Waals surface area contributed by atoms with Gasteiger partial charge in [-0.15, -0.1) is 0 Å². The van der Waals surface area contributed by atoms with Crippen LogP contribution in [0.4, 0.5) is 11.6 Å². The van der Waals surface area contributed by atoms with E-state index < -0.39 is 0 Å². The first kappa shape index (κ1) is 9.07. The molecule has 0 radical (unpaired) electrons. The van der Waals surface area contributed by atoms with Crippen LogP contribution in [0, 0.1) is 0 Å². The van der Waals surface area contributed by atoms with Gasteiger partial charge in [-0.05, 0) is 33.1 Å². The summed E-state index contributed by atoms with van der Waals surface area (Å²) in [5, 5.41) is 11.6. The number of anilines is 2. The average molecular weight is 206 g/mol. The second-order valence-corrected chi connectivity index (χ2v) is 4.78. The lowest BCUT2D eigenvalue weighted by Gasteiger charge is -2.28. The first-order chi connectivity index (χ1) is 7.25. The Morgan fingerprint density at radius 3 is 3.13 bits per heavy atom. The number of hydrogen-bond acceptors (Lipinski definition) is 3. The van der Waals surface area contributed by atoms with Crippen LogP contribution < -0.4 is 10.6 Å². The summed E-state index contributed by atoms with van der Waals surface area (Å²) in [6.45, 7) is 5.56. The highest BCUT2D eigenvalue weighted by molar-refractivity contribution is 5.61. The fraction of sp³-hybridized carbons (Fsp3) is 0.727. The summed E-state index contributed by atoms with van der Waals surface area (Å²) in [6, 6.07) is 1.08. The molecule has 2 aliphatic rings. The van der Waals surface area contributed by atoms with Crippen molar-refractivity contribution in [2.75, 3.05) is 17.2 Å². The molecule has 0 saturated carbocycles. The quantitative estimate of drug-likeness (QED) is 0.682. The van der Waals surface area contributed by atoms with Gasteiger partial charge >= 0.3 is 0 Å². The van der Waals surface area contributed by atoms with E-state index in [0.29, 0.717) is 12.1 Å². The van der Waals surface area contributed by atoms with Crippen molar-refractivity contribution < 1.29 is 0 Å². The maximum atomic E-state index is 4.65. The fourth-order valence-electron chi connectivity index (χ4n) is 2.70. The zero-order chi connectivity index (χ0) is 10.4. The Bertz CT molecular complexity index is 382. The molecular weight excluding hydrogens is 188 g/mol. The van der Waals surface area contributed by atoms with Gasteiger partial charge in [0.2, 0.25) is 0 Å². The maximum Gasteiger partial charge on any atom is 0.153 e. The molecule has 2 atom stereocenters. The monoisotopic (exact) mass is 206 g/mol. The number of nitrogens with one attached hydrogen (secondary N) is 2. The van der Waals surface area contributed by atoms with Crippen LogP contribution in [0.5, 0.6) is 0 Å². The van der Waals surface area contributed by atoms with Gasteiger partial charge in [-0.1, -0.05) is 0 Å². The molecule has 2 N–H and O–H groups in total. The van der Waals surface area contributed by atoms with Gasteiger partial charge in [0.25, 0.3) is 0 Å². The van der Waals surface area contributed by atoms with Gasteiger partial charge in [-0.2, -0.15) is 5.10 Å². The molecule has 1 aromatic heterocycles. The zero-order valence-corrected chi connectivity index (χ0v) is 9.38. The second kappa shape index (κ2) is 3.15. The highest BCUT2D eigenvalue weighted by Crippen LogP contribution is 2.35. The van der Waals surface area contributed by atoms with Crippen molar-refractivity contribution in [3.8, 4) is 0 Å². The molecule has 2 aliphatic heterocycles. The minimum atomic E-state index is 0.517. The van der Waals surface area contributed by atoms with Crippen LogP contribution >= 0.6 is 0 Å². The van der Waals surface area contributed by atoms with Crippen LogP contribution in [0.15, 0.2) is 0 Å². The van der Waals surface area contributed by atoms with Crippen LogP contribution in [-0.2, 0) is 6.42 Å². The van der Waals surface area contributed by atoms with Crippen LogP contribution in [0.3, 0.4) is 0 Å². The zero-order valence-electron chi connectivity index (χ0n) is 9.38. The number of rotatable bonds is 0. The summed E-state index contributed by atoms with van der Waals surface area (Å²) in [5.41, 5.74) is 1.39. The van der Waals surface area contributed by atoms with E-state index in [1.807, 2.05) is 0 Å². The van der Waals surface area contributed by atoms with Crippen molar-refractivity contribution in [2.45, 2.75) is 45.2 Å². The third-order valence-electron chi connectivity index (χ3n) is 3.40. The van der Waals surface area contributed by atoms with Gasteiger partial charge in [-0.3, -0.25) is 0 Å². The van der Waals surface area contributed by atoms with Gasteiger partial charge in [0, 0.05) is 18.2 Å². The molecule has 15 heavy (non-hydrogen) atoms. The Labute approximate surface area is 90.0 Å². The number of fused-ring (bicyclic) bond motifs is 3. The van der Waals surface area contributed by atoms with E-state index in [-0.39, 0.29) is 0 Å². The van der Waals surface area contributed by atoms with E-state index in [9.17, 15) is 0 Å². The molecule has 3 heterocycles. The van der Waals surface area contributed by atoms with E-state index in [1.165, 1.54) is 17.8 Å². The lowest BCUT2D eigenvalue weighted by Crippen LogP contribution is -2.29. The first-order valence-electron chi connectivity index (χ1n) is 5.87. The highest BCUT2D eigenvalue weighted by atomic mass is 15.4. The van der Waals surface area contributed by atoms with Crippen molar-refractivity contribution in [3.63, 3.8) is 0 Å². The average Bonchev–Trinajstić information content (AvgIpc) is 2.57. The normalized spacial score (nSPS) is 28.7. The summed E-state index contributed by atoms with van der Waals surface area (Å²) in [4.78, 5) is 0. The van der Waals surface area contributed by atoms with Gasteiger partial charge in [0.05, 0.1) is 6.04 Å². The topological polar surface area (TPSA) is 41.9 Å². The summed E-state index contributed by atoms with van der Waals surface area (Å²) in [5.74, 6) is 2.35. The number of aromatic nitrogens is 2. The third kappa shape index (κ3) is 1.31. The molecule has 0 aliphatic carbocycles. The largest absolute Gasteiger partial charge is 0.368 e. The molecule has 4 heteroatoms. The van der Waals surface area contributed by atoms with E-state index >= 15 is 0 Å². The number of nitrogens with zero attached hydrogens (tertiary/aromatic N) is 2. The minimum absolute atomic E-state index is 0.517. The SMILES string of the molecule is CC1CC(C)n2nc3c(c2N1)CCCN3. The summed E-state index contributed by atoms with van der Waals surface area (Å²) in [6.07, 6.45) is 3.54. The highest BCUT2D eigenvalue weighted by Gasteiger charge is 2.27. The van der Waals surface area contributed by atoms with E-state index in [4.69, 9.17) is 0 Å². The number of hydrogen-bond donors (Lipinski definition) is 2. The first-order valence-corrected chi connectivity index (χ1v) is 5.87. The van der Waals surface area contributed by atoms with Crippen molar-refractivity contribution in [2.24, 2.45) is 0 Å². The van der Waals surface area contributed by atoms with Crippen LogP contribution in [0.1, 0.15) is 38.3 Å².